The van der Waals surface area contributed by atoms with Crippen molar-refractivity contribution < 1.29 is 14.3 Å². The number of Topliss-reactive ketones (excluding diaryl/α,β-unsaturated/α-hetero) is 1. The number of rotatable bonds is 6. The zero-order valence-electron chi connectivity index (χ0n) is 14.5. The van der Waals surface area contributed by atoms with Gasteiger partial charge < -0.3 is 4.74 Å². The van der Waals surface area contributed by atoms with Gasteiger partial charge in [0.1, 0.15) is 15.5 Å². The molecular weight excluding hydrogens is 352 g/mol. The van der Waals surface area contributed by atoms with Gasteiger partial charge in [0.15, 0.2) is 0 Å². The first-order valence-electron chi connectivity index (χ1n) is 8.16. The highest BCUT2D eigenvalue weighted by Crippen LogP contribution is 2.27. The summed E-state index contributed by atoms with van der Waals surface area (Å²) in [6.07, 6.45) is 1.96. The van der Waals surface area contributed by atoms with Crippen molar-refractivity contribution >= 4 is 33.3 Å². The zero-order chi connectivity index (χ0) is 18.7. The molecule has 0 N–H and O–H groups in total. The highest BCUT2D eigenvalue weighted by molar-refractivity contribution is 7.20. The molecule has 0 saturated carbocycles. The molecule has 3 rings (SSSR count). The van der Waals surface area contributed by atoms with Crippen LogP contribution in [0, 0.1) is 6.92 Å². The third-order valence-electron chi connectivity index (χ3n) is 3.96. The summed E-state index contributed by atoms with van der Waals surface area (Å²) >= 11 is 1.14. The molecule has 0 amide bonds. The Morgan fingerprint density at radius 1 is 1.23 bits per heavy atom. The number of ketones is 1. The number of aryl methyl sites for hydroxylation is 1. The number of nitrogens with zero attached hydrogens (tertiary/aromatic N) is 2. The summed E-state index contributed by atoms with van der Waals surface area (Å²) < 4.78 is 6.62. The average molecular weight is 370 g/mol. The van der Waals surface area contributed by atoms with E-state index in [1.807, 2.05) is 30.3 Å². The number of ether oxygens (including phenoxy) is 1. The molecule has 0 spiro atoms. The van der Waals surface area contributed by atoms with E-state index in [-0.39, 0.29) is 24.5 Å². The first kappa shape index (κ1) is 18.0. The lowest BCUT2D eigenvalue weighted by Gasteiger charge is -2.04. The highest BCUT2D eigenvalue weighted by Gasteiger charge is 2.20. The van der Waals surface area contributed by atoms with Crippen molar-refractivity contribution in [1.82, 2.24) is 9.55 Å². The number of hydrogen-bond donors (Lipinski definition) is 0. The van der Waals surface area contributed by atoms with Crippen LogP contribution in [-0.4, -0.2) is 27.9 Å². The van der Waals surface area contributed by atoms with E-state index in [1.165, 1.54) is 17.8 Å². The van der Waals surface area contributed by atoms with Gasteiger partial charge in [0.2, 0.25) is 0 Å². The van der Waals surface area contributed by atoms with Crippen LogP contribution in [0.1, 0.15) is 27.7 Å². The molecule has 0 atom stereocenters. The van der Waals surface area contributed by atoms with Gasteiger partial charge in [0.25, 0.3) is 5.56 Å². The Balaban J connectivity index is 1.80. The molecule has 1 aromatic carbocycles. The fourth-order valence-electron chi connectivity index (χ4n) is 2.68. The molecule has 0 aliphatic heterocycles. The van der Waals surface area contributed by atoms with Crippen molar-refractivity contribution in [1.29, 1.82) is 0 Å². The Labute approximate surface area is 154 Å². The van der Waals surface area contributed by atoms with Gasteiger partial charge in [-0.2, -0.15) is 0 Å². The molecule has 2 aromatic heterocycles. The predicted octanol–water partition coefficient (Wildman–Crippen LogP) is 2.75. The van der Waals surface area contributed by atoms with Gasteiger partial charge in [-0.3, -0.25) is 14.2 Å². The van der Waals surface area contributed by atoms with Gasteiger partial charge in [-0.1, -0.05) is 30.3 Å². The predicted molar refractivity (Wildman–Crippen MR) is 99.7 cm³/mol. The topological polar surface area (TPSA) is 78.3 Å². The Morgan fingerprint density at radius 2 is 1.96 bits per heavy atom. The molecule has 7 heteroatoms. The summed E-state index contributed by atoms with van der Waals surface area (Å²) in [6.45, 7) is 3.34. The summed E-state index contributed by atoms with van der Waals surface area (Å²) in [5, 5.41) is 0.369. The van der Waals surface area contributed by atoms with Gasteiger partial charge in [-0.25, -0.2) is 9.78 Å². The van der Waals surface area contributed by atoms with E-state index in [0.29, 0.717) is 27.1 Å². The third-order valence-corrected chi connectivity index (χ3v) is 5.14. The fourth-order valence-corrected chi connectivity index (χ4v) is 3.71. The summed E-state index contributed by atoms with van der Waals surface area (Å²) in [5.41, 5.74) is 1.31. The SMILES string of the molecule is CC(=O)Cn1cnc2sc(C(=O)OCCc3ccccc3)c(C)c2c1=O. The quantitative estimate of drug-likeness (QED) is 0.624. The lowest BCUT2D eigenvalue weighted by Crippen LogP contribution is -2.23. The first-order valence-corrected chi connectivity index (χ1v) is 8.98. The number of aromatic nitrogens is 2. The minimum Gasteiger partial charge on any atom is -0.461 e. The minimum atomic E-state index is -0.459. The fraction of sp³-hybridized carbons (Fsp3) is 0.263. The van der Waals surface area contributed by atoms with Crippen LogP contribution < -0.4 is 5.56 Å². The lowest BCUT2D eigenvalue weighted by atomic mass is 10.2. The van der Waals surface area contributed by atoms with Gasteiger partial charge in [-0.15, -0.1) is 11.3 Å². The van der Waals surface area contributed by atoms with Crippen LogP contribution in [0.2, 0.25) is 0 Å². The van der Waals surface area contributed by atoms with E-state index in [0.717, 1.165) is 16.9 Å². The molecule has 0 bridgehead atoms. The Morgan fingerprint density at radius 3 is 2.65 bits per heavy atom. The summed E-state index contributed by atoms with van der Waals surface area (Å²) in [5.74, 6) is -0.597. The second-order valence-electron chi connectivity index (χ2n) is 5.99. The summed E-state index contributed by atoms with van der Waals surface area (Å²) in [4.78, 5) is 41.3. The molecule has 0 saturated heterocycles. The highest BCUT2D eigenvalue weighted by atomic mass is 32.1. The molecule has 3 aromatic rings. The molecule has 6 nitrogen and oxygen atoms in total. The molecule has 134 valence electrons. The van der Waals surface area contributed by atoms with Gasteiger partial charge >= 0.3 is 5.97 Å². The van der Waals surface area contributed by atoms with Crippen molar-refractivity contribution in [3.05, 3.63) is 63.0 Å². The molecule has 0 fully saturated rings. The molecule has 26 heavy (non-hydrogen) atoms. The second kappa shape index (κ2) is 7.61. The number of hydrogen-bond acceptors (Lipinski definition) is 6. The minimum absolute atomic E-state index is 0.0338. The van der Waals surface area contributed by atoms with Crippen LogP contribution in [0.15, 0.2) is 41.5 Å². The van der Waals surface area contributed by atoms with Gasteiger partial charge in [-0.05, 0) is 25.0 Å². The summed E-state index contributed by atoms with van der Waals surface area (Å²) in [6, 6.07) is 9.75. The smallest absolute Gasteiger partial charge is 0.348 e. The van der Waals surface area contributed by atoms with E-state index in [2.05, 4.69) is 4.98 Å². The van der Waals surface area contributed by atoms with Gasteiger partial charge in [0.05, 0.1) is 24.9 Å². The largest absolute Gasteiger partial charge is 0.461 e. The third kappa shape index (κ3) is 3.72. The standard InChI is InChI=1S/C19H18N2O4S/c1-12(22)10-21-11-20-17-15(18(21)23)13(2)16(26-17)19(24)25-9-8-14-6-4-3-5-7-14/h3-7,11H,8-10H2,1-2H3. The maximum atomic E-state index is 12.5. The molecule has 0 radical (unpaired) electrons. The Hall–Kier alpha value is -2.80. The molecule has 2 heterocycles. The zero-order valence-corrected chi connectivity index (χ0v) is 15.3. The average Bonchev–Trinajstić information content (AvgIpc) is 2.95. The van der Waals surface area contributed by atoms with Gasteiger partial charge in [0, 0.05) is 6.42 Å². The lowest BCUT2D eigenvalue weighted by molar-refractivity contribution is -0.117. The van der Waals surface area contributed by atoms with Crippen molar-refractivity contribution in [2.75, 3.05) is 6.61 Å². The number of carbonyl (C=O) groups excluding carboxylic acids is 2. The number of fused-ring (bicyclic) bond motifs is 1. The van der Waals surface area contributed by atoms with Crippen LogP contribution in [0.5, 0.6) is 0 Å². The summed E-state index contributed by atoms with van der Waals surface area (Å²) in [7, 11) is 0. The van der Waals surface area contributed by atoms with Crippen molar-refractivity contribution in [3.63, 3.8) is 0 Å². The molecular formula is C19H18N2O4S. The molecule has 0 aliphatic carbocycles. The molecule has 0 unspecified atom stereocenters. The number of carbonyl (C=O) groups is 2. The number of esters is 1. The first-order chi connectivity index (χ1) is 12.5. The van der Waals surface area contributed by atoms with Crippen LogP contribution in [0.4, 0.5) is 0 Å². The van der Waals surface area contributed by atoms with E-state index in [9.17, 15) is 14.4 Å². The van der Waals surface area contributed by atoms with E-state index in [4.69, 9.17) is 4.74 Å². The monoisotopic (exact) mass is 370 g/mol. The van der Waals surface area contributed by atoms with Crippen LogP contribution in [0.3, 0.4) is 0 Å². The maximum Gasteiger partial charge on any atom is 0.348 e. The Bertz CT molecular complexity index is 1020. The van der Waals surface area contributed by atoms with Crippen molar-refractivity contribution in [2.45, 2.75) is 26.8 Å². The van der Waals surface area contributed by atoms with Crippen molar-refractivity contribution in [2.24, 2.45) is 0 Å². The van der Waals surface area contributed by atoms with E-state index in [1.54, 1.807) is 6.92 Å². The van der Waals surface area contributed by atoms with Crippen LogP contribution in [-0.2, 0) is 22.5 Å². The Kier molecular flexibility index (Phi) is 5.27. The van der Waals surface area contributed by atoms with E-state index >= 15 is 0 Å². The van der Waals surface area contributed by atoms with Crippen LogP contribution >= 0.6 is 11.3 Å². The van der Waals surface area contributed by atoms with E-state index < -0.39 is 5.97 Å². The number of thiophene rings is 1. The van der Waals surface area contributed by atoms with Crippen molar-refractivity contribution in [3.8, 4) is 0 Å². The second-order valence-corrected chi connectivity index (χ2v) is 6.99. The normalized spacial score (nSPS) is 10.8. The van der Waals surface area contributed by atoms with Crippen LogP contribution in [0.25, 0.3) is 10.2 Å². The molecule has 0 aliphatic rings. The maximum absolute atomic E-state index is 12.5. The number of benzene rings is 1.